The van der Waals surface area contributed by atoms with E-state index in [9.17, 15) is 4.79 Å². The summed E-state index contributed by atoms with van der Waals surface area (Å²) in [5.41, 5.74) is 8.52. The number of aromatic nitrogens is 3. The quantitative estimate of drug-likeness (QED) is 0.839. The molecule has 5 nitrogen and oxygen atoms in total. The maximum absolute atomic E-state index is 12.5. The molecule has 0 radical (unpaired) electrons. The maximum Gasteiger partial charge on any atom is 0.261 e. The third kappa shape index (κ3) is 2.94. The van der Waals surface area contributed by atoms with E-state index in [0.717, 1.165) is 28.1 Å². The van der Waals surface area contributed by atoms with Crippen LogP contribution in [0.4, 0.5) is 0 Å². The second kappa shape index (κ2) is 6.11. The van der Waals surface area contributed by atoms with Crippen molar-refractivity contribution in [1.29, 1.82) is 0 Å². The highest BCUT2D eigenvalue weighted by Crippen LogP contribution is 2.22. The SMILES string of the molecule is CCn1nc(C)c(Br)c1Cn1c(C)ccc(C(N)=S)c1=O. The zero-order chi connectivity index (χ0) is 15.7. The number of pyridine rings is 1. The van der Waals surface area contributed by atoms with Gasteiger partial charge in [0.2, 0.25) is 0 Å². The molecule has 112 valence electrons. The average Bonchev–Trinajstić information content (AvgIpc) is 2.70. The van der Waals surface area contributed by atoms with Gasteiger partial charge >= 0.3 is 0 Å². The van der Waals surface area contributed by atoms with E-state index in [2.05, 4.69) is 21.0 Å². The van der Waals surface area contributed by atoms with Crippen LogP contribution in [-0.2, 0) is 13.1 Å². The molecule has 0 aliphatic carbocycles. The molecular formula is C14H17BrN4OS. The van der Waals surface area contributed by atoms with Gasteiger partial charge in [0, 0.05) is 12.2 Å². The molecule has 2 N–H and O–H groups in total. The number of hydrogen-bond donors (Lipinski definition) is 1. The van der Waals surface area contributed by atoms with Gasteiger partial charge in [-0.15, -0.1) is 0 Å². The molecule has 0 unspecified atom stereocenters. The molecule has 2 aromatic heterocycles. The third-order valence-electron chi connectivity index (χ3n) is 3.42. The Bertz CT molecular complexity index is 763. The summed E-state index contributed by atoms with van der Waals surface area (Å²) >= 11 is 8.48. The van der Waals surface area contributed by atoms with Crippen LogP contribution in [0.1, 0.15) is 29.6 Å². The molecule has 7 heteroatoms. The van der Waals surface area contributed by atoms with Crippen molar-refractivity contribution in [2.24, 2.45) is 5.73 Å². The van der Waals surface area contributed by atoms with Crippen molar-refractivity contribution < 1.29 is 0 Å². The first-order valence-electron chi connectivity index (χ1n) is 6.58. The van der Waals surface area contributed by atoms with Crippen LogP contribution in [0.5, 0.6) is 0 Å². The van der Waals surface area contributed by atoms with Crippen LogP contribution in [-0.4, -0.2) is 19.3 Å². The number of nitrogens with zero attached hydrogens (tertiary/aromatic N) is 3. The molecular weight excluding hydrogens is 352 g/mol. The monoisotopic (exact) mass is 368 g/mol. The van der Waals surface area contributed by atoms with Crippen LogP contribution >= 0.6 is 28.1 Å². The molecule has 0 amide bonds. The van der Waals surface area contributed by atoms with Gasteiger partial charge in [-0.2, -0.15) is 5.10 Å². The molecule has 0 bridgehead atoms. The van der Waals surface area contributed by atoms with E-state index in [0.29, 0.717) is 12.1 Å². The van der Waals surface area contributed by atoms with Gasteiger partial charge in [0.05, 0.1) is 28.0 Å². The number of thiocarbonyl (C=S) groups is 1. The Balaban J connectivity index is 2.57. The van der Waals surface area contributed by atoms with Crippen molar-refractivity contribution in [1.82, 2.24) is 14.3 Å². The minimum Gasteiger partial charge on any atom is -0.389 e. The molecule has 0 aliphatic rings. The summed E-state index contributed by atoms with van der Waals surface area (Å²) in [6, 6.07) is 3.53. The second-order valence-corrected chi connectivity index (χ2v) is 6.04. The van der Waals surface area contributed by atoms with E-state index >= 15 is 0 Å². The van der Waals surface area contributed by atoms with E-state index in [-0.39, 0.29) is 10.5 Å². The Labute approximate surface area is 136 Å². The third-order valence-corrected chi connectivity index (χ3v) is 4.67. The predicted molar refractivity (Wildman–Crippen MR) is 90.8 cm³/mol. The smallest absolute Gasteiger partial charge is 0.261 e. The van der Waals surface area contributed by atoms with Gasteiger partial charge in [0.1, 0.15) is 4.99 Å². The molecule has 2 heterocycles. The molecule has 0 spiro atoms. The second-order valence-electron chi connectivity index (χ2n) is 4.81. The van der Waals surface area contributed by atoms with Crippen LogP contribution in [0.15, 0.2) is 21.4 Å². The van der Waals surface area contributed by atoms with E-state index < -0.39 is 0 Å². The zero-order valence-electron chi connectivity index (χ0n) is 12.2. The summed E-state index contributed by atoms with van der Waals surface area (Å²) < 4.78 is 4.48. The van der Waals surface area contributed by atoms with Gasteiger partial charge in [0.25, 0.3) is 5.56 Å². The largest absolute Gasteiger partial charge is 0.389 e. The predicted octanol–water partition coefficient (Wildman–Crippen LogP) is 2.13. The molecule has 0 aromatic carbocycles. The molecule has 21 heavy (non-hydrogen) atoms. The topological polar surface area (TPSA) is 65.8 Å². The van der Waals surface area contributed by atoms with E-state index in [4.69, 9.17) is 18.0 Å². The van der Waals surface area contributed by atoms with Gasteiger partial charge in [0.15, 0.2) is 0 Å². The minimum atomic E-state index is -0.170. The zero-order valence-corrected chi connectivity index (χ0v) is 14.6. The summed E-state index contributed by atoms with van der Waals surface area (Å²) in [7, 11) is 0. The highest BCUT2D eigenvalue weighted by Gasteiger charge is 2.15. The Hall–Kier alpha value is -1.47. The average molecular weight is 369 g/mol. The number of halogens is 1. The highest BCUT2D eigenvalue weighted by atomic mass is 79.9. The summed E-state index contributed by atoms with van der Waals surface area (Å²) in [5, 5.41) is 4.45. The first-order chi connectivity index (χ1) is 9.86. The molecule has 0 saturated heterocycles. The molecule has 0 aliphatic heterocycles. The van der Waals surface area contributed by atoms with Gasteiger partial charge < -0.3 is 10.3 Å². The van der Waals surface area contributed by atoms with Crippen LogP contribution in [0.25, 0.3) is 0 Å². The van der Waals surface area contributed by atoms with Crippen LogP contribution in [0, 0.1) is 13.8 Å². The first kappa shape index (κ1) is 15.9. The normalized spacial score (nSPS) is 10.9. The summed E-state index contributed by atoms with van der Waals surface area (Å²) in [4.78, 5) is 12.6. The van der Waals surface area contributed by atoms with Crippen LogP contribution in [0.3, 0.4) is 0 Å². The molecule has 0 saturated carbocycles. The fourth-order valence-corrected chi connectivity index (χ4v) is 2.79. The number of hydrogen-bond acceptors (Lipinski definition) is 3. The maximum atomic E-state index is 12.5. The fourth-order valence-electron chi connectivity index (χ4n) is 2.22. The van der Waals surface area contributed by atoms with E-state index in [1.807, 2.05) is 31.5 Å². The lowest BCUT2D eigenvalue weighted by Gasteiger charge is -2.13. The Morgan fingerprint density at radius 2 is 2.10 bits per heavy atom. The summed E-state index contributed by atoms with van der Waals surface area (Å²) in [6.07, 6.45) is 0. The lowest BCUT2D eigenvalue weighted by atomic mass is 10.2. The summed E-state index contributed by atoms with van der Waals surface area (Å²) in [6.45, 7) is 7.00. The Kier molecular flexibility index (Phi) is 4.63. The number of aryl methyl sites for hydroxylation is 3. The van der Waals surface area contributed by atoms with Crippen molar-refractivity contribution in [3.05, 3.63) is 49.6 Å². The fraction of sp³-hybridized carbons (Fsp3) is 0.357. The standard InChI is InChI=1S/C14H17BrN4OS/c1-4-19-11(12(15)9(3)17-19)7-18-8(2)5-6-10(13(16)21)14(18)20/h5-6H,4,7H2,1-3H3,(H2,16,21). The van der Waals surface area contributed by atoms with Crippen molar-refractivity contribution >= 4 is 33.1 Å². The van der Waals surface area contributed by atoms with Crippen LogP contribution < -0.4 is 11.3 Å². The highest BCUT2D eigenvalue weighted by molar-refractivity contribution is 9.10. The minimum absolute atomic E-state index is 0.119. The molecule has 2 aromatic rings. The Morgan fingerprint density at radius 3 is 2.67 bits per heavy atom. The van der Waals surface area contributed by atoms with Crippen molar-refractivity contribution in [2.45, 2.75) is 33.9 Å². The lowest BCUT2D eigenvalue weighted by Crippen LogP contribution is -2.31. The van der Waals surface area contributed by atoms with Gasteiger partial charge in [-0.1, -0.05) is 12.2 Å². The molecule has 0 fully saturated rings. The van der Waals surface area contributed by atoms with E-state index in [1.165, 1.54) is 0 Å². The number of nitrogens with two attached hydrogens (primary N) is 1. The van der Waals surface area contributed by atoms with Crippen molar-refractivity contribution in [3.63, 3.8) is 0 Å². The molecule has 2 rings (SSSR count). The van der Waals surface area contributed by atoms with Gasteiger partial charge in [-0.05, 0) is 48.8 Å². The molecule has 0 atom stereocenters. The van der Waals surface area contributed by atoms with Crippen molar-refractivity contribution in [3.8, 4) is 0 Å². The number of rotatable bonds is 4. The summed E-state index contributed by atoms with van der Waals surface area (Å²) in [5.74, 6) is 0. The van der Waals surface area contributed by atoms with Gasteiger partial charge in [-0.3, -0.25) is 9.48 Å². The van der Waals surface area contributed by atoms with Crippen LogP contribution in [0.2, 0.25) is 0 Å². The Morgan fingerprint density at radius 1 is 1.43 bits per heavy atom. The van der Waals surface area contributed by atoms with E-state index in [1.54, 1.807) is 10.6 Å². The lowest BCUT2D eigenvalue weighted by molar-refractivity contribution is 0.585. The van der Waals surface area contributed by atoms with Gasteiger partial charge in [-0.25, -0.2) is 0 Å². The van der Waals surface area contributed by atoms with Crippen molar-refractivity contribution in [2.75, 3.05) is 0 Å². The first-order valence-corrected chi connectivity index (χ1v) is 7.79.